The summed E-state index contributed by atoms with van der Waals surface area (Å²) in [6, 6.07) is 3.66. The average molecular weight is 210 g/mol. The molecule has 15 heavy (non-hydrogen) atoms. The Kier molecular flexibility index (Phi) is 4.95. The first-order chi connectivity index (χ1) is 7.24. The van der Waals surface area contributed by atoms with Crippen LogP contribution in [0.4, 0.5) is 0 Å². The third-order valence-electron chi connectivity index (χ3n) is 2.24. The van der Waals surface area contributed by atoms with Gasteiger partial charge >= 0.3 is 5.97 Å². The van der Waals surface area contributed by atoms with Gasteiger partial charge in [-0.05, 0) is 25.0 Å². The fourth-order valence-electron chi connectivity index (χ4n) is 1.51. The van der Waals surface area contributed by atoms with E-state index in [1.807, 2.05) is 12.1 Å². The summed E-state index contributed by atoms with van der Waals surface area (Å²) < 4.78 is 10.5. The van der Waals surface area contributed by atoms with E-state index in [0.29, 0.717) is 0 Å². The van der Waals surface area contributed by atoms with Crippen LogP contribution < -0.4 is 0 Å². The highest BCUT2D eigenvalue weighted by atomic mass is 16.5. The molecular formula is C12H18O3. The van der Waals surface area contributed by atoms with Gasteiger partial charge in [0.1, 0.15) is 5.76 Å². The SMILES string of the molecule is CCCCCC(OC(C)=O)c1ccco1. The van der Waals surface area contributed by atoms with Crippen molar-refractivity contribution < 1.29 is 13.9 Å². The molecule has 0 radical (unpaired) electrons. The van der Waals surface area contributed by atoms with Crippen molar-refractivity contribution in [3.05, 3.63) is 24.2 Å². The van der Waals surface area contributed by atoms with Crippen LogP contribution in [0.25, 0.3) is 0 Å². The number of furan rings is 1. The molecule has 1 rings (SSSR count). The van der Waals surface area contributed by atoms with Crippen molar-refractivity contribution in [3.8, 4) is 0 Å². The fourth-order valence-corrected chi connectivity index (χ4v) is 1.51. The lowest BCUT2D eigenvalue weighted by Gasteiger charge is -2.14. The second-order valence-electron chi connectivity index (χ2n) is 3.61. The highest BCUT2D eigenvalue weighted by molar-refractivity contribution is 5.66. The molecule has 0 spiro atoms. The molecule has 1 atom stereocenters. The summed E-state index contributed by atoms with van der Waals surface area (Å²) in [5.41, 5.74) is 0. The fraction of sp³-hybridized carbons (Fsp3) is 0.583. The molecule has 0 saturated heterocycles. The Morgan fingerprint density at radius 1 is 1.53 bits per heavy atom. The first-order valence-corrected chi connectivity index (χ1v) is 5.44. The Hall–Kier alpha value is -1.25. The van der Waals surface area contributed by atoms with Crippen molar-refractivity contribution in [3.63, 3.8) is 0 Å². The molecule has 1 heterocycles. The van der Waals surface area contributed by atoms with E-state index in [-0.39, 0.29) is 12.1 Å². The minimum atomic E-state index is -0.257. The van der Waals surface area contributed by atoms with E-state index < -0.39 is 0 Å². The van der Waals surface area contributed by atoms with Gasteiger partial charge in [0, 0.05) is 6.92 Å². The number of hydrogen-bond acceptors (Lipinski definition) is 3. The molecule has 0 amide bonds. The number of unbranched alkanes of at least 4 members (excludes halogenated alkanes) is 2. The van der Waals surface area contributed by atoms with Gasteiger partial charge in [0.05, 0.1) is 6.26 Å². The first-order valence-electron chi connectivity index (χ1n) is 5.44. The smallest absolute Gasteiger partial charge is 0.303 e. The van der Waals surface area contributed by atoms with Crippen molar-refractivity contribution in [1.29, 1.82) is 0 Å². The molecule has 0 aliphatic rings. The van der Waals surface area contributed by atoms with Gasteiger partial charge in [0.2, 0.25) is 0 Å². The number of ether oxygens (including phenoxy) is 1. The van der Waals surface area contributed by atoms with Gasteiger partial charge in [-0.1, -0.05) is 19.8 Å². The number of carbonyl (C=O) groups is 1. The van der Waals surface area contributed by atoms with Crippen LogP contribution in [0, 0.1) is 0 Å². The van der Waals surface area contributed by atoms with Gasteiger partial charge in [0.15, 0.2) is 6.10 Å². The van der Waals surface area contributed by atoms with Crippen LogP contribution in [-0.4, -0.2) is 5.97 Å². The minimum absolute atomic E-state index is 0.218. The second-order valence-corrected chi connectivity index (χ2v) is 3.61. The summed E-state index contributed by atoms with van der Waals surface area (Å²) in [6.07, 6.45) is 5.58. The predicted molar refractivity (Wildman–Crippen MR) is 57.4 cm³/mol. The molecule has 1 unspecified atom stereocenters. The molecule has 0 aromatic carbocycles. The number of rotatable bonds is 6. The first kappa shape index (κ1) is 11.8. The van der Waals surface area contributed by atoms with Crippen molar-refractivity contribution in [2.24, 2.45) is 0 Å². The van der Waals surface area contributed by atoms with E-state index in [2.05, 4.69) is 6.92 Å². The lowest BCUT2D eigenvalue weighted by atomic mass is 10.1. The zero-order valence-electron chi connectivity index (χ0n) is 9.36. The minimum Gasteiger partial charge on any atom is -0.465 e. The standard InChI is InChI=1S/C12H18O3/c1-3-4-5-7-12(15-10(2)13)11-8-6-9-14-11/h6,8-9,12H,3-5,7H2,1-2H3. The van der Waals surface area contributed by atoms with E-state index in [9.17, 15) is 4.79 Å². The van der Waals surface area contributed by atoms with E-state index in [4.69, 9.17) is 9.15 Å². The van der Waals surface area contributed by atoms with Crippen LogP contribution in [0.1, 0.15) is 51.4 Å². The highest BCUT2D eigenvalue weighted by Gasteiger charge is 2.16. The van der Waals surface area contributed by atoms with Crippen LogP contribution in [-0.2, 0) is 9.53 Å². The van der Waals surface area contributed by atoms with Gasteiger partial charge in [-0.3, -0.25) is 4.79 Å². The molecule has 1 aromatic heterocycles. The van der Waals surface area contributed by atoms with Gasteiger partial charge in [0.25, 0.3) is 0 Å². The third kappa shape index (κ3) is 4.19. The third-order valence-corrected chi connectivity index (χ3v) is 2.24. The topological polar surface area (TPSA) is 39.4 Å². The van der Waals surface area contributed by atoms with Gasteiger partial charge in [-0.2, -0.15) is 0 Å². The quantitative estimate of drug-likeness (QED) is 0.533. The molecule has 0 aliphatic carbocycles. The zero-order chi connectivity index (χ0) is 11.1. The van der Waals surface area contributed by atoms with Crippen molar-refractivity contribution in [1.82, 2.24) is 0 Å². The molecule has 0 N–H and O–H groups in total. The zero-order valence-corrected chi connectivity index (χ0v) is 9.36. The summed E-state index contributed by atoms with van der Waals surface area (Å²) in [6.45, 7) is 3.57. The monoisotopic (exact) mass is 210 g/mol. The molecule has 0 fully saturated rings. The van der Waals surface area contributed by atoms with E-state index in [0.717, 1.165) is 31.4 Å². The molecule has 3 heteroatoms. The van der Waals surface area contributed by atoms with Crippen molar-refractivity contribution in [2.75, 3.05) is 0 Å². The van der Waals surface area contributed by atoms with Crippen LogP contribution >= 0.6 is 0 Å². The van der Waals surface area contributed by atoms with Crippen molar-refractivity contribution in [2.45, 2.75) is 45.6 Å². The normalized spacial score (nSPS) is 12.4. The maximum atomic E-state index is 10.9. The summed E-state index contributed by atoms with van der Waals surface area (Å²) in [5, 5.41) is 0. The van der Waals surface area contributed by atoms with Crippen molar-refractivity contribution >= 4 is 5.97 Å². The van der Waals surface area contributed by atoms with E-state index >= 15 is 0 Å². The van der Waals surface area contributed by atoms with Crippen LogP contribution in [0.5, 0.6) is 0 Å². The van der Waals surface area contributed by atoms with E-state index in [1.54, 1.807) is 6.26 Å². The lowest BCUT2D eigenvalue weighted by molar-refractivity contribution is -0.148. The number of esters is 1. The van der Waals surface area contributed by atoms with Gasteiger partial charge < -0.3 is 9.15 Å². The predicted octanol–water partition coefficient (Wildman–Crippen LogP) is 3.46. The molecule has 0 bridgehead atoms. The number of hydrogen-bond donors (Lipinski definition) is 0. The van der Waals surface area contributed by atoms with Crippen LogP contribution in [0.2, 0.25) is 0 Å². The Balaban J connectivity index is 2.50. The maximum absolute atomic E-state index is 10.9. The Morgan fingerprint density at radius 2 is 2.33 bits per heavy atom. The highest BCUT2D eigenvalue weighted by Crippen LogP contribution is 2.24. The van der Waals surface area contributed by atoms with Gasteiger partial charge in [-0.25, -0.2) is 0 Å². The van der Waals surface area contributed by atoms with E-state index in [1.165, 1.54) is 6.92 Å². The molecule has 0 aliphatic heterocycles. The Bertz CT molecular complexity index is 277. The summed E-state index contributed by atoms with van der Waals surface area (Å²) in [5.74, 6) is 0.481. The molecule has 3 nitrogen and oxygen atoms in total. The summed E-state index contributed by atoms with van der Waals surface area (Å²) >= 11 is 0. The summed E-state index contributed by atoms with van der Waals surface area (Å²) in [7, 11) is 0. The average Bonchev–Trinajstić information content (AvgIpc) is 2.68. The summed E-state index contributed by atoms with van der Waals surface area (Å²) in [4.78, 5) is 10.9. The maximum Gasteiger partial charge on any atom is 0.303 e. The largest absolute Gasteiger partial charge is 0.465 e. The molecule has 0 saturated carbocycles. The van der Waals surface area contributed by atoms with Crippen LogP contribution in [0.15, 0.2) is 22.8 Å². The molecule has 1 aromatic rings. The lowest BCUT2D eigenvalue weighted by Crippen LogP contribution is -2.07. The second kappa shape index (κ2) is 6.27. The Labute approximate surface area is 90.4 Å². The van der Waals surface area contributed by atoms with Gasteiger partial charge in [-0.15, -0.1) is 0 Å². The number of carbonyl (C=O) groups excluding carboxylic acids is 1. The van der Waals surface area contributed by atoms with Crippen LogP contribution in [0.3, 0.4) is 0 Å². The molecular weight excluding hydrogens is 192 g/mol. The Morgan fingerprint density at radius 3 is 2.87 bits per heavy atom. The molecule has 84 valence electrons.